The van der Waals surface area contributed by atoms with Gasteiger partial charge in [-0.05, 0) is 29.7 Å². The number of hydrogen-bond acceptors (Lipinski definition) is 3. The maximum atomic E-state index is 10.3. The highest BCUT2D eigenvalue weighted by atomic mass is 79.9. The van der Waals surface area contributed by atoms with Crippen LogP contribution in [0.3, 0.4) is 0 Å². The van der Waals surface area contributed by atoms with E-state index in [9.17, 15) is 5.11 Å². The van der Waals surface area contributed by atoms with Crippen molar-refractivity contribution in [3.05, 3.63) is 27.7 Å². The number of aliphatic hydroxyl groups excluding tert-OH is 1. The lowest BCUT2D eigenvalue weighted by Crippen LogP contribution is -2.23. The fourth-order valence-electron chi connectivity index (χ4n) is 2.75. The van der Waals surface area contributed by atoms with Crippen molar-refractivity contribution in [2.45, 2.75) is 25.4 Å². The molecule has 0 spiro atoms. The molecule has 0 saturated carbocycles. The molecule has 2 atom stereocenters. The van der Waals surface area contributed by atoms with Crippen molar-refractivity contribution in [2.24, 2.45) is 5.92 Å². The zero-order chi connectivity index (χ0) is 12.5. The van der Waals surface area contributed by atoms with Gasteiger partial charge in [0, 0.05) is 29.8 Å². The van der Waals surface area contributed by atoms with Crippen LogP contribution < -0.4 is 4.74 Å². The Morgan fingerprint density at radius 1 is 1.39 bits per heavy atom. The molecule has 2 aliphatic rings. The molecular formula is C14H17BrO3. The highest BCUT2D eigenvalue weighted by Crippen LogP contribution is 2.34. The van der Waals surface area contributed by atoms with Gasteiger partial charge in [-0.2, -0.15) is 0 Å². The molecule has 2 aliphatic heterocycles. The van der Waals surface area contributed by atoms with Crippen LogP contribution in [-0.2, 0) is 17.6 Å². The largest absolute Gasteiger partial charge is 0.493 e. The topological polar surface area (TPSA) is 38.7 Å². The minimum atomic E-state index is -0.338. The van der Waals surface area contributed by atoms with Gasteiger partial charge in [-0.25, -0.2) is 0 Å². The second-order valence-corrected chi connectivity index (χ2v) is 5.96. The summed E-state index contributed by atoms with van der Waals surface area (Å²) >= 11 is 3.53. The lowest BCUT2D eigenvalue weighted by molar-refractivity contribution is 0.0913. The summed E-state index contributed by atoms with van der Waals surface area (Å²) in [6.07, 6.45) is 2.23. The standard InChI is InChI=1S/C14H17BrO3/c15-12-5-9-2-4-18-14(9)11(6-12)7-13(16)10-1-3-17-8-10/h5-6,10,13,16H,1-4,7-8H2. The molecule has 1 N–H and O–H groups in total. The van der Waals surface area contributed by atoms with Gasteiger partial charge in [0.15, 0.2) is 0 Å². The molecule has 0 bridgehead atoms. The van der Waals surface area contributed by atoms with Crippen molar-refractivity contribution < 1.29 is 14.6 Å². The molecule has 1 aromatic carbocycles. The summed E-state index contributed by atoms with van der Waals surface area (Å²) in [5.74, 6) is 1.25. The number of halogens is 1. The highest BCUT2D eigenvalue weighted by Gasteiger charge is 2.26. The lowest BCUT2D eigenvalue weighted by Gasteiger charge is -2.18. The average molecular weight is 313 g/mol. The zero-order valence-electron chi connectivity index (χ0n) is 10.2. The maximum absolute atomic E-state index is 10.3. The summed E-state index contributed by atoms with van der Waals surface area (Å²) in [7, 11) is 0. The van der Waals surface area contributed by atoms with E-state index in [-0.39, 0.29) is 12.0 Å². The molecule has 0 aliphatic carbocycles. The number of rotatable bonds is 3. The van der Waals surface area contributed by atoms with Crippen molar-refractivity contribution in [1.29, 1.82) is 0 Å². The Morgan fingerprint density at radius 3 is 3.06 bits per heavy atom. The van der Waals surface area contributed by atoms with E-state index in [0.717, 1.165) is 41.8 Å². The van der Waals surface area contributed by atoms with Crippen LogP contribution in [0, 0.1) is 5.92 Å². The van der Waals surface area contributed by atoms with Gasteiger partial charge < -0.3 is 14.6 Å². The minimum absolute atomic E-state index is 0.265. The molecule has 0 radical (unpaired) electrons. The molecule has 3 rings (SSSR count). The summed E-state index contributed by atoms with van der Waals surface area (Å²) in [6.45, 7) is 2.20. The van der Waals surface area contributed by atoms with E-state index >= 15 is 0 Å². The van der Waals surface area contributed by atoms with Crippen molar-refractivity contribution in [2.75, 3.05) is 19.8 Å². The van der Waals surface area contributed by atoms with Gasteiger partial charge in [-0.3, -0.25) is 0 Å². The molecule has 2 unspecified atom stereocenters. The van der Waals surface area contributed by atoms with Gasteiger partial charge in [0.05, 0.1) is 19.3 Å². The van der Waals surface area contributed by atoms with Crippen LogP contribution in [0.25, 0.3) is 0 Å². The number of aliphatic hydroxyl groups is 1. The average Bonchev–Trinajstić information content (AvgIpc) is 2.98. The molecular weight excluding hydrogens is 296 g/mol. The first-order chi connectivity index (χ1) is 8.74. The molecule has 3 nitrogen and oxygen atoms in total. The van der Waals surface area contributed by atoms with E-state index in [1.54, 1.807) is 0 Å². The summed E-state index contributed by atoms with van der Waals surface area (Å²) in [5, 5.41) is 10.3. The quantitative estimate of drug-likeness (QED) is 0.931. The van der Waals surface area contributed by atoms with Gasteiger partial charge in [0.1, 0.15) is 5.75 Å². The number of benzene rings is 1. The third-order valence-electron chi connectivity index (χ3n) is 3.76. The minimum Gasteiger partial charge on any atom is -0.493 e. The molecule has 4 heteroatoms. The van der Waals surface area contributed by atoms with Crippen molar-refractivity contribution in [3.63, 3.8) is 0 Å². The van der Waals surface area contributed by atoms with Gasteiger partial charge >= 0.3 is 0 Å². The van der Waals surface area contributed by atoms with Gasteiger partial charge in [-0.15, -0.1) is 0 Å². The second-order valence-electron chi connectivity index (χ2n) is 5.05. The fraction of sp³-hybridized carbons (Fsp3) is 0.571. The van der Waals surface area contributed by atoms with Crippen molar-refractivity contribution in [1.82, 2.24) is 0 Å². The number of ether oxygens (including phenoxy) is 2. The Balaban J connectivity index is 1.79. The van der Waals surface area contributed by atoms with E-state index in [1.807, 2.05) is 0 Å². The summed E-state index contributed by atoms with van der Waals surface area (Å²) < 4.78 is 12.1. The Hall–Kier alpha value is -0.580. The van der Waals surface area contributed by atoms with E-state index in [1.165, 1.54) is 5.56 Å². The molecule has 2 heterocycles. The Kier molecular flexibility index (Phi) is 3.59. The SMILES string of the molecule is OC(Cc1cc(Br)cc2c1OCC2)C1CCOC1. The normalized spacial score (nSPS) is 23.8. The van der Waals surface area contributed by atoms with Crippen molar-refractivity contribution >= 4 is 15.9 Å². The second kappa shape index (κ2) is 5.19. The van der Waals surface area contributed by atoms with E-state index in [0.29, 0.717) is 13.0 Å². The summed E-state index contributed by atoms with van der Waals surface area (Å²) in [6, 6.07) is 4.17. The fourth-order valence-corrected chi connectivity index (χ4v) is 3.30. The summed E-state index contributed by atoms with van der Waals surface area (Å²) in [4.78, 5) is 0. The van der Waals surface area contributed by atoms with Crippen LogP contribution >= 0.6 is 15.9 Å². The van der Waals surface area contributed by atoms with Crippen LogP contribution in [0.2, 0.25) is 0 Å². The monoisotopic (exact) mass is 312 g/mol. The lowest BCUT2D eigenvalue weighted by atomic mass is 9.94. The summed E-state index contributed by atoms with van der Waals surface area (Å²) in [5.41, 5.74) is 2.35. The first-order valence-electron chi connectivity index (χ1n) is 6.44. The predicted molar refractivity (Wildman–Crippen MR) is 72.0 cm³/mol. The maximum Gasteiger partial charge on any atom is 0.125 e. The van der Waals surface area contributed by atoms with Crippen molar-refractivity contribution in [3.8, 4) is 5.75 Å². The molecule has 0 aromatic heterocycles. The molecule has 1 saturated heterocycles. The molecule has 98 valence electrons. The molecule has 18 heavy (non-hydrogen) atoms. The number of fused-ring (bicyclic) bond motifs is 1. The Bertz CT molecular complexity index is 441. The van der Waals surface area contributed by atoms with Crippen LogP contribution in [0.1, 0.15) is 17.5 Å². The van der Waals surface area contributed by atoms with Crippen LogP contribution in [0.5, 0.6) is 5.75 Å². The predicted octanol–water partition coefficient (Wildman–Crippen LogP) is 2.32. The Labute approximate surface area is 115 Å². The Morgan fingerprint density at radius 2 is 2.28 bits per heavy atom. The van der Waals surface area contributed by atoms with E-state index in [2.05, 4.69) is 28.1 Å². The third-order valence-corrected chi connectivity index (χ3v) is 4.22. The van der Waals surface area contributed by atoms with Crippen LogP contribution in [0.15, 0.2) is 16.6 Å². The zero-order valence-corrected chi connectivity index (χ0v) is 11.8. The number of hydrogen-bond donors (Lipinski definition) is 1. The van der Waals surface area contributed by atoms with E-state index in [4.69, 9.17) is 9.47 Å². The molecule has 1 fully saturated rings. The smallest absolute Gasteiger partial charge is 0.125 e. The molecule has 0 amide bonds. The van der Waals surface area contributed by atoms with Gasteiger partial charge in [0.2, 0.25) is 0 Å². The highest BCUT2D eigenvalue weighted by molar-refractivity contribution is 9.10. The van der Waals surface area contributed by atoms with Crippen LogP contribution in [-0.4, -0.2) is 31.0 Å². The molecule has 1 aromatic rings. The van der Waals surface area contributed by atoms with Crippen LogP contribution in [0.4, 0.5) is 0 Å². The third kappa shape index (κ3) is 2.42. The van der Waals surface area contributed by atoms with E-state index < -0.39 is 0 Å². The van der Waals surface area contributed by atoms with Gasteiger partial charge in [-0.1, -0.05) is 15.9 Å². The first kappa shape index (κ1) is 12.5. The van der Waals surface area contributed by atoms with Gasteiger partial charge in [0.25, 0.3) is 0 Å². The first-order valence-corrected chi connectivity index (χ1v) is 7.23.